The van der Waals surface area contributed by atoms with E-state index in [9.17, 15) is 28.2 Å². The summed E-state index contributed by atoms with van der Waals surface area (Å²) in [5.41, 5.74) is 0.886. The van der Waals surface area contributed by atoms with Gasteiger partial charge in [-0.1, -0.05) is 85.2 Å². The SMILES string of the molecule is CC[C@H](C)[C@@H]([C@@H](CC(=O)N1CCC[C@H]1[C@H](OC)[C@@H](C)C(=O)N[C@@H](Cc1ccccc1)C(=O)NCCC[SH](C)(C)=O)OC)N(C)C(=O)[C@@H](NC(=O)[C@H](C(C)C)N(C)C)C(C)C. The van der Waals surface area contributed by atoms with Crippen LogP contribution in [-0.4, -0.2) is 158 Å². The Labute approximate surface area is 362 Å². The number of thiol groups is 1. The zero-order valence-electron chi connectivity index (χ0n) is 39.2. The minimum atomic E-state index is -2.23. The molecular formula is C45H80N6O8S. The van der Waals surface area contributed by atoms with Gasteiger partial charge in [0.2, 0.25) is 29.5 Å². The molecule has 0 bridgehead atoms. The van der Waals surface area contributed by atoms with E-state index in [0.717, 1.165) is 18.4 Å². The van der Waals surface area contributed by atoms with Crippen LogP contribution in [0.2, 0.25) is 0 Å². The van der Waals surface area contributed by atoms with Gasteiger partial charge in [-0.05, 0) is 69.2 Å². The van der Waals surface area contributed by atoms with E-state index >= 15 is 0 Å². The predicted octanol–water partition coefficient (Wildman–Crippen LogP) is 3.14. The maximum atomic E-state index is 14.3. The van der Waals surface area contributed by atoms with Crippen molar-refractivity contribution >= 4 is 39.5 Å². The van der Waals surface area contributed by atoms with Crippen LogP contribution in [-0.2, 0) is 49.8 Å². The van der Waals surface area contributed by atoms with Crippen molar-refractivity contribution in [2.45, 2.75) is 129 Å². The highest BCUT2D eigenvalue weighted by Crippen LogP contribution is 2.30. The number of carbonyl (C=O) groups excluding carboxylic acids is 5. The number of methoxy groups -OCH3 is 2. The van der Waals surface area contributed by atoms with E-state index in [0.29, 0.717) is 31.7 Å². The molecule has 0 aromatic heterocycles. The maximum Gasteiger partial charge on any atom is 0.245 e. The summed E-state index contributed by atoms with van der Waals surface area (Å²) in [6, 6.07) is 6.53. The zero-order valence-corrected chi connectivity index (χ0v) is 40.1. The van der Waals surface area contributed by atoms with Crippen LogP contribution in [0.3, 0.4) is 0 Å². The van der Waals surface area contributed by atoms with Gasteiger partial charge >= 0.3 is 0 Å². The predicted molar refractivity (Wildman–Crippen MR) is 241 cm³/mol. The number of hydrogen-bond acceptors (Lipinski definition) is 9. The molecule has 0 saturated carbocycles. The lowest BCUT2D eigenvalue weighted by Gasteiger charge is -2.41. The molecule has 60 heavy (non-hydrogen) atoms. The van der Waals surface area contributed by atoms with Gasteiger partial charge in [0.05, 0.1) is 42.7 Å². The molecule has 0 radical (unpaired) electrons. The van der Waals surface area contributed by atoms with Gasteiger partial charge in [-0.3, -0.25) is 33.1 Å². The molecule has 2 rings (SSSR count). The Morgan fingerprint density at radius 3 is 2.03 bits per heavy atom. The van der Waals surface area contributed by atoms with Crippen LogP contribution in [0.1, 0.15) is 86.1 Å². The molecule has 1 saturated heterocycles. The van der Waals surface area contributed by atoms with E-state index in [1.807, 2.05) is 90.9 Å². The average molecular weight is 865 g/mol. The third kappa shape index (κ3) is 15.5. The fraction of sp³-hybridized carbons (Fsp3) is 0.756. The van der Waals surface area contributed by atoms with Crippen LogP contribution in [0.15, 0.2) is 30.3 Å². The molecule has 5 amide bonds. The molecule has 0 spiro atoms. The summed E-state index contributed by atoms with van der Waals surface area (Å²) in [5.74, 6) is -1.73. The second kappa shape index (κ2) is 24.9. The van der Waals surface area contributed by atoms with Crippen molar-refractivity contribution in [2.24, 2.45) is 23.7 Å². The average Bonchev–Trinajstić information content (AvgIpc) is 3.67. The van der Waals surface area contributed by atoms with E-state index in [1.165, 1.54) is 7.11 Å². The van der Waals surface area contributed by atoms with Crippen LogP contribution in [0.4, 0.5) is 0 Å². The smallest absolute Gasteiger partial charge is 0.245 e. The van der Waals surface area contributed by atoms with Crippen molar-refractivity contribution in [2.75, 3.05) is 66.7 Å². The summed E-state index contributed by atoms with van der Waals surface area (Å²) >= 11 is 0. The number of carbonyl (C=O) groups is 5. The Morgan fingerprint density at radius 1 is 0.883 bits per heavy atom. The Balaban J connectivity index is 2.29. The highest BCUT2D eigenvalue weighted by atomic mass is 32.2. The van der Waals surface area contributed by atoms with E-state index in [1.54, 1.807) is 43.4 Å². The number of nitrogens with zero attached hydrogens (tertiary/aromatic N) is 3. The first kappa shape index (κ1) is 52.7. The van der Waals surface area contributed by atoms with E-state index in [2.05, 4.69) is 16.0 Å². The van der Waals surface area contributed by atoms with Gasteiger partial charge in [0.25, 0.3) is 0 Å². The molecule has 0 unspecified atom stereocenters. The fourth-order valence-electron chi connectivity index (χ4n) is 8.57. The summed E-state index contributed by atoms with van der Waals surface area (Å²) in [6.45, 7) is 14.4. The van der Waals surface area contributed by atoms with Crippen molar-refractivity contribution in [3.8, 4) is 0 Å². The lowest BCUT2D eigenvalue weighted by atomic mass is 9.89. The number of hydrogen-bond donors (Lipinski definition) is 4. The van der Waals surface area contributed by atoms with Gasteiger partial charge in [-0.25, -0.2) is 0 Å². The number of likely N-dealkylation sites (tertiary alicyclic amines) is 1. The summed E-state index contributed by atoms with van der Waals surface area (Å²) in [7, 11) is 6.29. The van der Waals surface area contributed by atoms with E-state index < -0.39 is 58.3 Å². The molecule has 1 heterocycles. The molecule has 14 nitrogen and oxygen atoms in total. The highest BCUT2D eigenvalue weighted by molar-refractivity contribution is 8.01. The summed E-state index contributed by atoms with van der Waals surface area (Å²) in [5, 5.41) is 8.93. The molecule has 9 atom stereocenters. The summed E-state index contributed by atoms with van der Waals surface area (Å²) in [6.07, 6.45) is 5.04. The van der Waals surface area contributed by atoms with Gasteiger partial charge in [0.1, 0.15) is 12.1 Å². The minimum Gasteiger partial charge on any atom is -0.379 e. The number of benzene rings is 1. The molecule has 15 heteroatoms. The minimum absolute atomic E-state index is 0.00374. The second-order valence-electron chi connectivity index (χ2n) is 18.2. The first-order valence-corrected chi connectivity index (χ1v) is 24.6. The van der Waals surface area contributed by atoms with Gasteiger partial charge in [0.15, 0.2) is 0 Å². The van der Waals surface area contributed by atoms with Crippen LogP contribution in [0.5, 0.6) is 0 Å². The highest BCUT2D eigenvalue weighted by Gasteiger charge is 2.43. The van der Waals surface area contributed by atoms with Gasteiger partial charge in [0, 0.05) is 46.5 Å². The second-order valence-corrected chi connectivity index (χ2v) is 21.8. The largest absolute Gasteiger partial charge is 0.379 e. The summed E-state index contributed by atoms with van der Waals surface area (Å²) < 4.78 is 24.2. The van der Waals surface area contributed by atoms with Crippen LogP contribution < -0.4 is 16.0 Å². The molecule has 1 fully saturated rings. The number of nitrogens with one attached hydrogen (secondary N) is 3. The van der Waals surface area contributed by atoms with Crippen molar-refractivity contribution in [3.05, 3.63) is 35.9 Å². The molecule has 3 N–H and O–H groups in total. The number of rotatable bonds is 25. The molecule has 1 aromatic carbocycles. The van der Waals surface area contributed by atoms with Crippen molar-refractivity contribution < 1.29 is 37.7 Å². The summed E-state index contributed by atoms with van der Waals surface area (Å²) in [4.78, 5) is 74.9. The van der Waals surface area contributed by atoms with Crippen molar-refractivity contribution in [1.29, 1.82) is 0 Å². The standard InChI is InChI=1S/C45H80N6O8S/c1-15-31(6)40(50(10)45(56)38(29(2)3)48-44(55)39(30(4)5)49(8)9)36(58-11)28-37(52)51-25-19-23-35(51)41(59-12)32(7)42(53)47-34(27-33-21-17-16-18-22-33)43(54)46-24-20-26-60(13,14)57/h16-18,21-22,29-32,34-36,38-41,60H,15,19-20,23-28H2,1-14H3,(H,46,54)(H,47,53)(H,48,55)/t31-,32+,34-,35-,36+,38-,39-,40-,41+/m0/s1. The Kier molecular flexibility index (Phi) is 21.9. The van der Waals surface area contributed by atoms with E-state index in [-0.39, 0.29) is 60.1 Å². The Morgan fingerprint density at radius 2 is 1.52 bits per heavy atom. The van der Waals surface area contributed by atoms with Crippen LogP contribution in [0.25, 0.3) is 0 Å². The van der Waals surface area contributed by atoms with E-state index in [4.69, 9.17) is 9.47 Å². The van der Waals surface area contributed by atoms with Crippen LogP contribution >= 0.6 is 0 Å². The third-order valence-electron chi connectivity index (χ3n) is 12.0. The normalized spacial score (nSPS) is 18.9. The first-order chi connectivity index (χ1) is 28.1. The fourth-order valence-corrected chi connectivity index (χ4v) is 9.49. The van der Waals surface area contributed by atoms with Crippen LogP contribution in [0, 0.1) is 23.7 Å². The Hall–Kier alpha value is -3.40. The Bertz CT molecular complexity index is 1560. The molecule has 1 aliphatic rings. The maximum absolute atomic E-state index is 14.3. The van der Waals surface area contributed by atoms with Gasteiger partial charge in [-0.15, -0.1) is 9.93 Å². The molecule has 1 aromatic rings. The van der Waals surface area contributed by atoms with Gasteiger partial charge < -0.3 is 35.2 Å². The topological polar surface area (TPSA) is 167 Å². The number of ether oxygens (including phenoxy) is 2. The zero-order chi connectivity index (χ0) is 45.5. The van der Waals surface area contributed by atoms with Crippen molar-refractivity contribution in [3.63, 3.8) is 0 Å². The van der Waals surface area contributed by atoms with Crippen molar-refractivity contribution in [1.82, 2.24) is 30.7 Å². The third-order valence-corrected chi connectivity index (χ3v) is 13.4. The first-order valence-electron chi connectivity index (χ1n) is 21.8. The number of likely N-dealkylation sites (N-methyl/N-ethyl adjacent to an activating group) is 2. The lowest BCUT2D eigenvalue weighted by Crippen LogP contribution is -2.59. The number of amides is 5. The molecule has 1 aliphatic heterocycles. The lowest BCUT2D eigenvalue weighted by molar-refractivity contribution is -0.148. The monoisotopic (exact) mass is 865 g/mol. The molecular weight excluding hydrogens is 785 g/mol. The van der Waals surface area contributed by atoms with Gasteiger partial charge in [-0.2, -0.15) is 0 Å². The molecule has 0 aliphatic carbocycles. The molecule has 344 valence electrons. The quantitative estimate of drug-likeness (QED) is 0.0854.